The van der Waals surface area contributed by atoms with Crippen LogP contribution in [0.3, 0.4) is 0 Å². The zero-order chi connectivity index (χ0) is 20.1. The number of thiophene rings is 1. The Morgan fingerprint density at radius 1 is 1.00 bits per heavy atom. The van der Waals surface area contributed by atoms with Gasteiger partial charge in [0.2, 0.25) is 10.0 Å². The van der Waals surface area contributed by atoms with Crippen LogP contribution in [0, 0.1) is 0 Å². The molecule has 2 aromatic carbocycles. The molecule has 2 N–H and O–H groups in total. The van der Waals surface area contributed by atoms with Crippen molar-refractivity contribution in [1.29, 1.82) is 0 Å². The summed E-state index contributed by atoms with van der Waals surface area (Å²) >= 11 is 4.44. The average Bonchev–Trinajstić information content (AvgIpc) is 3.16. The Morgan fingerprint density at radius 2 is 1.64 bits per heavy atom. The Labute approximate surface area is 178 Å². The average molecular weight is 480 g/mol. The minimum atomic E-state index is -3.69. The Morgan fingerprint density at radius 3 is 2.18 bits per heavy atom. The molecule has 148 valence electrons. The zero-order valence-electron chi connectivity index (χ0n) is 15.4. The minimum absolute atomic E-state index is 0.131. The standard InChI is InChI=1S/C21H22BrNO3S2/c1-2-18(17-10-8-16(9-11-17)15-6-4-3-5-7-15)19(14-24)23-28(25,26)21-13-12-20(22)27-21/h3-13,18-19,23-24H,2,14H2,1H3/t18-,19+/m0/s1. The van der Waals surface area contributed by atoms with Crippen molar-refractivity contribution >= 4 is 37.3 Å². The predicted octanol–water partition coefficient (Wildman–Crippen LogP) is 5.01. The number of aliphatic hydroxyl groups excluding tert-OH is 1. The third kappa shape index (κ3) is 4.90. The lowest BCUT2D eigenvalue weighted by Crippen LogP contribution is -2.41. The molecular formula is C21H22BrNO3S2. The monoisotopic (exact) mass is 479 g/mol. The maximum absolute atomic E-state index is 12.7. The lowest BCUT2D eigenvalue weighted by Gasteiger charge is -2.26. The summed E-state index contributed by atoms with van der Waals surface area (Å²) in [6.07, 6.45) is 0.701. The summed E-state index contributed by atoms with van der Waals surface area (Å²) in [5.41, 5.74) is 3.23. The van der Waals surface area contributed by atoms with Crippen molar-refractivity contribution in [3.8, 4) is 11.1 Å². The second kappa shape index (κ2) is 9.33. The molecule has 0 radical (unpaired) electrons. The highest BCUT2D eigenvalue weighted by molar-refractivity contribution is 9.11. The van der Waals surface area contributed by atoms with Gasteiger partial charge in [0, 0.05) is 5.92 Å². The fourth-order valence-corrected chi connectivity index (χ4v) is 6.55. The van der Waals surface area contributed by atoms with Gasteiger partial charge in [-0.2, -0.15) is 0 Å². The Hall–Kier alpha value is -1.51. The molecule has 0 amide bonds. The molecule has 0 unspecified atom stereocenters. The van der Waals surface area contributed by atoms with Crippen molar-refractivity contribution in [3.05, 3.63) is 76.1 Å². The van der Waals surface area contributed by atoms with Gasteiger partial charge in [-0.1, -0.05) is 61.5 Å². The summed E-state index contributed by atoms with van der Waals surface area (Å²) in [5.74, 6) is -0.131. The topological polar surface area (TPSA) is 66.4 Å². The lowest BCUT2D eigenvalue weighted by molar-refractivity contribution is 0.236. The van der Waals surface area contributed by atoms with Gasteiger partial charge >= 0.3 is 0 Å². The lowest BCUT2D eigenvalue weighted by atomic mass is 9.89. The number of benzene rings is 2. The van der Waals surface area contributed by atoms with Gasteiger partial charge in [0.15, 0.2) is 0 Å². The fourth-order valence-electron chi connectivity index (χ4n) is 3.25. The van der Waals surface area contributed by atoms with Crippen molar-refractivity contribution < 1.29 is 13.5 Å². The van der Waals surface area contributed by atoms with Gasteiger partial charge in [-0.25, -0.2) is 13.1 Å². The first kappa shape index (κ1) is 21.2. The van der Waals surface area contributed by atoms with E-state index in [9.17, 15) is 13.5 Å². The molecule has 0 spiro atoms. The maximum Gasteiger partial charge on any atom is 0.250 e. The minimum Gasteiger partial charge on any atom is -0.395 e. The highest BCUT2D eigenvalue weighted by atomic mass is 79.9. The van der Waals surface area contributed by atoms with Crippen molar-refractivity contribution in [2.24, 2.45) is 0 Å². The summed E-state index contributed by atoms with van der Waals surface area (Å²) in [7, 11) is -3.69. The first-order valence-corrected chi connectivity index (χ1v) is 12.1. The van der Waals surface area contributed by atoms with Crippen molar-refractivity contribution in [1.82, 2.24) is 4.72 Å². The fraction of sp³-hybridized carbons (Fsp3) is 0.238. The van der Waals surface area contributed by atoms with E-state index in [1.54, 1.807) is 12.1 Å². The van der Waals surface area contributed by atoms with Crippen LogP contribution in [0.2, 0.25) is 0 Å². The van der Waals surface area contributed by atoms with Gasteiger partial charge in [-0.3, -0.25) is 0 Å². The van der Waals surface area contributed by atoms with E-state index in [2.05, 4.69) is 32.8 Å². The number of halogens is 1. The van der Waals surface area contributed by atoms with Crippen molar-refractivity contribution in [2.75, 3.05) is 6.61 Å². The summed E-state index contributed by atoms with van der Waals surface area (Å²) in [6.45, 7) is 1.72. The van der Waals surface area contributed by atoms with E-state index in [4.69, 9.17) is 0 Å². The van der Waals surface area contributed by atoms with E-state index in [0.29, 0.717) is 6.42 Å². The van der Waals surface area contributed by atoms with Crippen LogP contribution in [-0.2, 0) is 10.0 Å². The normalized spacial score (nSPS) is 14.0. The van der Waals surface area contributed by atoms with Crippen LogP contribution in [0.1, 0.15) is 24.8 Å². The second-order valence-electron chi connectivity index (χ2n) is 6.47. The van der Waals surface area contributed by atoms with Gasteiger partial charge in [-0.15, -0.1) is 11.3 Å². The number of nitrogens with one attached hydrogen (secondary N) is 1. The van der Waals surface area contributed by atoms with Crippen LogP contribution in [0.4, 0.5) is 0 Å². The van der Waals surface area contributed by atoms with Crippen molar-refractivity contribution in [2.45, 2.75) is 29.5 Å². The van der Waals surface area contributed by atoms with Gasteiger partial charge in [0.1, 0.15) is 4.21 Å². The molecule has 0 aliphatic rings. The Kier molecular flexibility index (Phi) is 7.06. The number of hydrogen-bond donors (Lipinski definition) is 2. The molecule has 3 aromatic rings. The SMILES string of the molecule is CC[C@@H](c1ccc(-c2ccccc2)cc1)[C@@H](CO)NS(=O)(=O)c1ccc(Br)s1. The van der Waals surface area contributed by atoms with Gasteiger partial charge in [0.25, 0.3) is 0 Å². The van der Waals surface area contributed by atoms with Crippen LogP contribution < -0.4 is 4.72 Å². The van der Waals surface area contributed by atoms with Crippen LogP contribution in [-0.4, -0.2) is 26.2 Å². The number of sulfonamides is 1. The molecule has 2 atom stereocenters. The molecule has 0 saturated heterocycles. The van der Waals surface area contributed by atoms with Crippen LogP contribution in [0.25, 0.3) is 11.1 Å². The largest absolute Gasteiger partial charge is 0.395 e. The summed E-state index contributed by atoms with van der Waals surface area (Å²) < 4.78 is 29.0. The molecule has 0 fully saturated rings. The third-order valence-corrected chi connectivity index (χ3v) is 8.29. The van der Waals surface area contributed by atoms with Crippen LogP contribution in [0.5, 0.6) is 0 Å². The molecular weight excluding hydrogens is 458 g/mol. The molecule has 1 aromatic heterocycles. The molecule has 3 rings (SSSR count). The molecule has 0 saturated carbocycles. The smallest absolute Gasteiger partial charge is 0.250 e. The third-order valence-electron chi connectivity index (χ3n) is 4.69. The van der Waals surface area contributed by atoms with E-state index in [1.807, 2.05) is 49.4 Å². The van der Waals surface area contributed by atoms with Gasteiger partial charge in [0.05, 0.1) is 16.4 Å². The Balaban J connectivity index is 1.82. The number of aliphatic hydroxyl groups is 1. The highest BCUT2D eigenvalue weighted by Crippen LogP contribution is 2.30. The summed E-state index contributed by atoms with van der Waals surface area (Å²) in [5, 5.41) is 9.90. The molecule has 28 heavy (non-hydrogen) atoms. The highest BCUT2D eigenvalue weighted by Gasteiger charge is 2.27. The maximum atomic E-state index is 12.7. The van der Waals surface area contributed by atoms with Crippen LogP contribution in [0.15, 0.2) is 74.7 Å². The van der Waals surface area contributed by atoms with Crippen molar-refractivity contribution in [3.63, 3.8) is 0 Å². The number of hydrogen-bond acceptors (Lipinski definition) is 4. The van der Waals surface area contributed by atoms with E-state index < -0.39 is 16.1 Å². The molecule has 0 aliphatic carbocycles. The molecule has 0 bridgehead atoms. The van der Waals surface area contributed by atoms with Crippen LogP contribution >= 0.6 is 27.3 Å². The first-order chi connectivity index (χ1) is 13.4. The second-order valence-corrected chi connectivity index (χ2v) is 10.9. The first-order valence-electron chi connectivity index (χ1n) is 8.98. The Bertz CT molecular complexity index is 1000. The van der Waals surface area contributed by atoms with Gasteiger partial charge in [-0.05, 0) is 51.2 Å². The summed E-state index contributed by atoms with van der Waals surface area (Å²) in [6, 6.07) is 20.8. The molecule has 4 nitrogen and oxygen atoms in total. The quantitative estimate of drug-likeness (QED) is 0.476. The van der Waals surface area contributed by atoms with E-state index in [-0.39, 0.29) is 16.7 Å². The van der Waals surface area contributed by atoms with Gasteiger partial charge < -0.3 is 5.11 Å². The van der Waals surface area contributed by atoms with E-state index in [1.165, 1.54) is 0 Å². The van der Waals surface area contributed by atoms with E-state index in [0.717, 1.165) is 31.8 Å². The molecule has 7 heteroatoms. The van der Waals surface area contributed by atoms with E-state index >= 15 is 0 Å². The summed E-state index contributed by atoms with van der Waals surface area (Å²) in [4.78, 5) is 0. The number of rotatable bonds is 8. The zero-order valence-corrected chi connectivity index (χ0v) is 18.6. The molecule has 1 heterocycles. The molecule has 0 aliphatic heterocycles. The predicted molar refractivity (Wildman–Crippen MR) is 118 cm³/mol.